The molecule has 3 N–H and O–H groups in total. The van der Waals surface area contributed by atoms with Gasteiger partial charge in [0.25, 0.3) is 5.56 Å². The van der Waals surface area contributed by atoms with E-state index in [1.54, 1.807) is 25.2 Å². The fourth-order valence-electron chi connectivity index (χ4n) is 7.52. The Morgan fingerprint density at radius 1 is 1.07 bits per heavy atom. The Morgan fingerprint density at radius 2 is 1.85 bits per heavy atom. The van der Waals surface area contributed by atoms with Gasteiger partial charge in [0, 0.05) is 28.5 Å². The predicted octanol–water partition coefficient (Wildman–Crippen LogP) is 3.43. The number of aliphatic hydroxyl groups is 1. The van der Waals surface area contributed by atoms with Crippen LogP contribution in [0.15, 0.2) is 47.3 Å². The highest BCUT2D eigenvalue weighted by atomic mass is 16.7. The van der Waals surface area contributed by atoms with Gasteiger partial charge in [-0.3, -0.25) is 19.2 Å². The largest absolute Gasteiger partial charge is 0.507 e. The third kappa shape index (κ3) is 4.23. The molecule has 46 heavy (non-hydrogen) atoms. The summed E-state index contributed by atoms with van der Waals surface area (Å²) < 4.78 is 23.7. The molecule has 0 amide bonds. The van der Waals surface area contributed by atoms with Crippen molar-refractivity contribution in [3.8, 4) is 17.2 Å². The van der Waals surface area contributed by atoms with E-state index in [0.717, 1.165) is 0 Å². The molecule has 0 spiro atoms. The molecular formula is C34H31NO11. The molecule has 3 heterocycles. The first-order chi connectivity index (χ1) is 22.1. The summed E-state index contributed by atoms with van der Waals surface area (Å²) in [6, 6.07) is 1.38. The van der Waals surface area contributed by atoms with E-state index in [4.69, 9.17) is 18.9 Å². The van der Waals surface area contributed by atoms with Crippen LogP contribution in [0.3, 0.4) is 0 Å². The van der Waals surface area contributed by atoms with Crippen molar-refractivity contribution in [2.45, 2.75) is 63.4 Å². The van der Waals surface area contributed by atoms with Gasteiger partial charge in [-0.05, 0) is 45.6 Å². The van der Waals surface area contributed by atoms with Crippen LogP contribution in [-0.4, -0.2) is 57.5 Å². The molecule has 0 radical (unpaired) electrons. The van der Waals surface area contributed by atoms with E-state index in [9.17, 15) is 34.2 Å². The SMILES string of the molecule is C/C=C/C=C/C=C/C(=O)OC1CCCC2C(=O)c3c(O)c4c5c(c3OC12)OCOC5CC1C(=O)c2cc(C)[nH]c(=O)c2C(=O)C41O. The summed E-state index contributed by atoms with van der Waals surface area (Å²) >= 11 is 0. The molecule has 12 heteroatoms. The maximum atomic E-state index is 14.1. The van der Waals surface area contributed by atoms with Crippen molar-refractivity contribution in [2.75, 3.05) is 6.79 Å². The molecule has 238 valence electrons. The number of fused-ring (bicyclic) bond motifs is 6. The maximum absolute atomic E-state index is 14.1. The number of H-pyrrole nitrogens is 1. The molecular weight excluding hydrogens is 598 g/mol. The van der Waals surface area contributed by atoms with E-state index < -0.39 is 81.5 Å². The average Bonchev–Trinajstić information content (AvgIpc) is 3.02. The first kappa shape index (κ1) is 29.9. The van der Waals surface area contributed by atoms with Crippen LogP contribution in [0.5, 0.6) is 17.2 Å². The van der Waals surface area contributed by atoms with Crippen LogP contribution >= 0.6 is 0 Å². The number of carbonyl (C=O) groups is 4. The minimum atomic E-state index is -2.69. The Balaban J connectivity index is 1.33. The summed E-state index contributed by atoms with van der Waals surface area (Å²) in [6.45, 7) is 3.13. The lowest BCUT2D eigenvalue weighted by molar-refractivity contribution is -0.152. The van der Waals surface area contributed by atoms with E-state index in [2.05, 4.69) is 4.98 Å². The second-order valence-corrected chi connectivity index (χ2v) is 12.1. The van der Waals surface area contributed by atoms with Gasteiger partial charge >= 0.3 is 5.97 Å². The van der Waals surface area contributed by atoms with Crippen LogP contribution in [0.25, 0.3) is 0 Å². The number of benzene rings is 1. The Labute approximate surface area is 262 Å². The number of aromatic hydroxyl groups is 1. The number of allylic oxidation sites excluding steroid dienone is 5. The van der Waals surface area contributed by atoms with Gasteiger partial charge in [-0.15, -0.1) is 0 Å². The second-order valence-electron chi connectivity index (χ2n) is 12.1. The summed E-state index contributed by atoms with van der Waals surface area (Å²) in [5.41, 5.74) is -4.49. The molecule has 2 aromatic rings. The van der Waals surface area contributed by atoms with E-state index in [1.165, 1.54) is 18.2 Å². The number of ether oxygens (including phenoxy) is 4. The van der Waals surface area contributed by atoms with Crippen LogP contribution in [0.4, 0.5) is 0 Å². The standard InChI is InChI=1S/C34H31NO11/c1-3-4-5-6-7-11-21(36)45-19-10-8-9-16-27(38)24-28(39)25-23-20(43-14-44-30(23)31(24)46-29(16)19)13-18-26(37)17-12-15(2)35-33(41)22(17)32(40)34(18,25)42/h3-7,11-12,16,18-20,29,39,42H,8-10,13-14H2,1-2H3,(H,35,41)/b4-3+,6-5+,11-7+. The van der Waals surface area contributed by atoms with E-state index in [-0.39, 0.29) is 41.4 Å². The Kier molecular flexibility index (Phi) is 7.09. The fraction of sp³-hybridized carbons (Fsp3) is 0.382. The van der Waals surface area contributed by atoms with Gasteiger partial charge < -0.3 is 34.1 Å². The molecule has 12 nitrogen and oxygen atoms in total. The van der Waals surface area contributed by atoms with Crippen LogP contribution in [0.2, 0.25) is 0 Å². The van der Waals surface area contributed by atoms with Crippen molar-refractivity contribution < 1.29 is 48.3 Å². The molecule has 6 atom stereocenters. The number of Topliss-reactive ketones (excluding diaryl/α,β-unsaturated/α-hetero) is 3. The molecule has 2 aliphatic heterocycles. The number of rotatable bonds is 4. The zero-order valence-corrected chi connectivity index (χ0v) is 25.0. The zero-order valence-electron chi connectivity index (χ0n) is 25.0. The zero-order chi connectivity index (χ0) is 32.5. The maximum Gasteiger partial charge on any atom is 0.331 e. The molecule has 1 aromatic carbocycles. The van der Waals surface area contributed by atoms with Gasteiger partial charge in [-0.2, -0.15) is 0 Å². The summed E-state index contributed by atoms with van der Waals surface area (Å²) in [6.07, 6.45) is 8.44. The lowest BCUT2D eigenvalue weighted by Crippen LogP contribution is -2.56. The molecule has 7 rings (SSSR count). The second kappa shape index (κ2) is 10.9. The van der Waals surface area contributed by atoms with Gasteiger partial charge in [0.2, 0.25) is 5.78 Å². The van der Waals surface area contributed by atoms with Crippen LogP contribution in [0.1, 0.15) is 86.6 Å². The first-order valence-electron chi connectivity index (χ1n) is 15.2. The van der Waals surface area contributed by atoms with Gasteiger partial charge in [0.05, 0.1) is 23.5 Å². The average molecular weight is 630 g/mol. The van der Waals surface area contributed by atoms with Gasteiger partial charge in [-0.25, -0.2) is 4.79 Å². The number of nitrogens with one attached hydrogen (secondary N) is 1. The van der Waals surface area contributed by atoms with Crippen molar-refractivity contribution in [2.24, 2.45) is 11.8 Å². The van der Waals surface area contributed by atoms with Gasteiger partial charge in [-0.1, -0.05) is 30.4 Å². The first-order valence-corrected chi connectivity index (χ1v) is 15.2. The van der Waals surface area contributed by atoms with Crippen molar-refractivity contribution in [1.29, 1.82) is 0 Å². The smallest absolute Gasteiger partial charge is 0.331 e. The predicted molar refractivity (Wildman–Crippen MR) is 159 cm³/mol. The highest BCUT2D eigenvalue weighted by Gasteiger charge is 2.63. The normalized spacial score (nSPS) is 29.5. The fourth-order valence-corrected chi connectivity index (χ4v) is 7.52. The lowest BCUT2D eigenvalue weighted by atomic mass is 9.60. The Hall–Kier alpha value is -4.81. The minimum Gasteiger partial charge on any atom is -0.507 e. The van der Waals surface area contributed by atoms with Crippen molar-refractivity contribution >= 4 is 23.3 Å². The highest BCUT2D eigenvalue weighted by Crippen LogP contribution is 2.62. The van der Waals surface area contributed by atoms with Gasteiger partial charge in [0.15, 0.2) is 35.5 Å². The van der Waals surface area contributed by atoms with Crippen molar-refractivity contribution in [3.05, 3.63) is 86.4 Å². The number of esters is 1. The van der Waals surface area contributed by atoms with E-state index >= 15 is 0 Å². The number of aryl methyl sites for hydroxylation is 1. The van der Waals surface area contributed by atoms with Crippen molar-refractivity contribution in [3.63, 3.8) is 0 Å². The number of pyridine rings is 1. The number of carbonyl (C=O) groups excluding carboxylic acids is 4. The summed E-state index contributed by atoms with van der Waals surface area (Å²) in [7, 11) is 0. The van der Waals surface area contributed by atoms with Gasteiger partial charge in [0.1, 0.15) is 23.5 Å². The monoisotopic (exact) mass is 629 g/mol. The van der Waals surface area contributed by atoms with E-state index in [1.807, 2.05) is 13.0 Å². The molecule has 0 bridgehead atoms. The highest BCUT2D eigenvalue weighted by molar-refractivity contribution is 6.20. The molecule has 0 saturated heterocycles. The van der Waals surface area contributed by atoms with Crippen LogP contribution in [-0.2, 0) is 19.9 Å². The number of hydrogen-bond acceptors (Lipinski definition) is 11. The number of aromatic amines is 1. The summed E-state index contributed by atoms with van der Waals surface area (Å²) in [5, 5.41) is 24.0. The van der Waals surface area contributed by atoms with E-state index in [0.29, 0.717) is 25.0 Å². The number of hydrogen-bond donors (Lipinski definition) is 3. The number of phenolic OH excluding ortho intramolecular Hbond substituents is 1. The third-order valence-corrected chi connectivity index (χ3v) is 9.50. The quantitative estimate of drug-likeness (QED) is 0.256. The molecule has 1 aromatic heterocycles. The topological polar surface area (TPSA) is 179 Å². The minimum absolute atomic E-state index is 0.0220. The molecule has 1 fully saturated rings. The van der Waals surface area contributed by atoms with Crippen molar-refractivity contribution in [1.82, 2.24) is 4.98 Å². The third-order valence-electron chi connectivity index (χ3n) is 9.50. The number of ketones is 3. The Morgan fingerprint density at radius 3 is 2.63 bits per heavy atom. The molecule has 1 saturated carbocycles. The number of phenols is 1. The number of aromatic nitrogens is 1. The summed E-state index contributed by atoms with van der Waals surface area (Å²) in [4.78, 5) is 70.0. The van der Waals surface area contributed by atoms with Crippen LogP contribution in [0, 0.1) is 18.8 Å². The lowest BCUT2D eigenvalue weighted by Gasteiger charge is -2.48. The summed E-state index contributed by atoms with van der Waals surface area (Å²) in [5.74, 6) is -6.01. The molecule has 6 unspecified atom stereocenters. The van der Waals surface area contributed by atoms with Crippen LogP contribution < -0.4 is 15.0 Å². The molecule has 3 aliphatic carbocycles. The molecule has 5 aliphatic rings. The Bertz CT molecular complexity index is 1870.